The number of nitrogens with one attached hydrogen (secondary N) is 2. The van der Waals surface area contributed by atoms with E-state index in [1.807, 2.05) is 0 Å². The van der Waals surface area contributed by atoms with Gasteiger partial charge in [0.25, 0.3) is 5.91 Å². The van der Waals surface area contributed by atoms with Crippen molar-refractivity contribution in [2.75, 3.05) is 13.7 Å². The summed E-state index contributed by atoms with van der Waals surface area (Å²) in [6, 6.07) is 1.22. The van der Waals surface area contributed by atoms with Gasteiger partial charge in [0.2, 0.25) is 5.91 Å². The van der Waals surface area contributed by atoms with Gasteiger partial charge in [0.1, 0.15) is 12.3 Å². The zero-order valence-corrected chi connectivity index (χ0v) is 27.9. The molecule has 2 amide bonds. The quantitative estimate of drug-likeness (QED) is 0.0265. The monoisotopic (exact) mass is 654 g/mol. The number of phenolic OH excluding ortho intramolecular Hbond substituents is 2. The van der Waals surface area contributed by atoms with Gasteiger partial charge in [-0.3, -0.25) is 19.2 Å². The van der Waals surface area contributed by atoms with Crippen LogP contribution in [0.1, 0.15) is 128 Å². The summed E-state index contributed by atoms with van der Waals surface area (Å²) in [6.07, 6.45) is 18.1. The summed E-state index contributed by atoms with van der Waals surface area (Å²) in [5, 5.41) is 42.9. The van der Waals surface area contributed by atoms with Gasteiger partial charge in [0.15, 0.2) is 16.9 Å². The molecule has 0 aromatic heterocycles. The lowest BCUT2D eigenvalue weighted by molar-refractivity contribution is -0.138. The van der Waals surface area contributed by atoms with Crippen LogP contribution in [0, 0.1) is 0 Å². The number of aliphatic carboxylic acids is 2. The number of aromatic hydroxyl groups is 2. The number of amides is 2. The largest absolute Gasteiger partial charge is 0.507 e. The van der Waals surface area contributed by atoms with Gasteiger partial charge in [0, 0.05) is 24.5 Å². The second kappa shape index (κ2) is 24.1. The van der Waals surface area contributed by atoms with Crippen molar-refractivity contribution in [3.8, 4) is 17.2 Å². The molecule has 0 unspecified atom stereocenters. The maximum absolute atomic E-state index is 12.8. The Balaban J connectivity index is 2.73. The Morgan fingerprint density at radius 2 is 1.31 bits per heavy atom. The fourth-order valence-electron chi connectivity index (χ4n) is 5.00. The number of carboxylic acid groups (broad SMARTS) is 2. The van der Waals surface area contributed by atoms with Crippen molar-refractivity contribution in [3.05, 3.63) is 11.6 Å². The molecule has 0 fully saturated rings. The van der Waals surface area contributed by atoms with Crippen molar-refractivity contribution in [1.29, 1.82) is 0 Å². The lowest BCUT2D eigenvalue weighted by Crippen LogP contribution is -2.46. The summed E-state index contributed by atoms with van der Waals surface area (Å²) in [5.41, 5.74) is 0.364. The molecule has 0 saturated carbocycles. The first-order valence-electron chi connectivity index (χ1n) is 16.4. The number of carbonyl (C=O) groups is 4. The van der Waals surface area contributed by atoms with Crippen LogP contribution in [-0.4, -0.2) is 63.2 Å². The highest BCUT2D eigenvalue weighted by Gasteiger charge is 2.27. The number of carboxylic acids is 2. The Morgan fingerprint density at radius 1 is 0.778 bits per heavy atom. The fourth-order valence-corrected chi connectivity index (χ4v) is 6.14. The topological polar surface area (TPSA) is 182 Å². The van der Waals surface area contributed by atoms with E-state index in [1.54, 1.807) is 0 Å². The standard InChI is InChI=1S/C33H54N2O9S/c1-3-4-5-6-7-8-9-10-11-12-13-14-15-16-17-19-24-30(42)26(44-2)22-25(36)31(24)45-33(32(43)34-23-29(40)41)35-27(37)20-18-21-28(38)39/h22,33,36,42H,3-21,23H2,1-2H3,(H,34,43)(H,35,37)(H,38,39)(H,40,41)/t33-/m0/s1. The van der Waals surface area contributed by atoms with Crippen molar-refractivity contribution in [3.63, 3.8) is 0 Å². The third kappa shape index (κ3) is 17.8. The lowest BCUT2D eigenvalue weighted by Gasteiger charge is -2.21. The molecule has 6 N–H and O–H groups in total. The molecule has 0 aliphatic carbocycles. The molecule has 0 aliphatic rings. The van der Waals surface area contributed by atoms with Crippen LogP contribution in [0.5, 0.6) is 17.2 Å². The zero-order valence-electron chi connectivity index (χ0n) is 27.0. The number of methoxy groups -OCH3 is 1. The third-order valence-electron chi connectivity index (χ3n) is 7.52. The highest BCUT2D eigenvalue weighted by Crippen LogP contribution is 2.45. The third-order valence-corrected chi connectivity index (χ3v) is 8.78. The molecule has 0 radical (unpaired) electrons. The number of carbonyl (C=O) groups excluding carboxylic acids is 2. The van der Waals surface area contributed by atoms with Gasteiger partial charge < -0.3 is 35.8 Å². The Morgan fingerprint density at radius 3 is 1.80 bits per heavy atom. The summed E-state index contributed by atoms with van der Waals surface area (Å²) >= 11 is 0.772. The maximum Gasteiger partial charge on any atom is 0.322 e. The van der Waals surface area contributed by atoms with E-state index in [0.717, 1.165) is 31.0 Å². The van der Waals surface area contributed by atoms with E-state index in [0.29, 0.717) is 18.4 Å². The fraction of sp³-hybridized carbons (Fsp3) is 0.697. The number of phenols is 2. The van der Waals surface area contributed by atoms with Gasteiger partial charge in [-0.15, -0.1) is 0 Å². The Kier molecular flexibility index (Phi) is 21.4. The molecule has 0 aliphatic heterocycles. The summed E-state index contributed by atoms with van der Waals surface area (Å²) in [4.78, 5) is 47.3. The molecule has 1 aromatic carbocycles. The lowest BCUT2D eigenvalue weighted by atomic mass is 10.0. The highest BCUT2D eigenvalue weighted by molar-refractivity contribution is 8.00. The Bertz CT molecular complexity index is 1050. The van der Waals surface area contributed by atoms with Crippen LogP contribution in [0.4, 0.5) is 0 Å². The van der Waals surface area contributed by atoms with Gasteiger partial charge in [0.05, 0.1) is 12.0 Å². The first kappa shape index (κ1) is 39.9. The summed E-state index contributed by atoms with van der Waals surface area (Å²) in [5.74, 6) is -4.14. The van der Waals surface area contributed by atoms with Crippen molar-refractivity contribution >= 4 is 35.5 Å². The van der Waals surface area contributed by atoms with Gasteiger partial charge in [-0.2, -0.15) is 0 Å². The van der Waals surface area contributed by atoms with Crippen LogP contribution in [0.2, 0.25) is 0 Å². The molecule has 1 aromatic rings. The maximum atomic E-state index is 12.8. The molecule has 0 heterocycles. The highest BCUT2D eigenvalue weighted by atomic mass is 32.2. The Hall–Kier alpha value is -3.15. The first-order chi connectivity index (χ1) is 21.6. The van der Waals surface area contributed by atoms with E-state index in [2.05, 4.69) is 17.6 Å². The average molecular weight is 655 g/mol. The summed E-state index contributed by atoms with van der Waals surface area (Å²) in [7, 11) is 1.36. The summed E-state index contributed by atoms with van der Waals surface area (Å²) < 4.78 is 5.21. The number of hydrogen-bond acceptors (Lipinski definition) is 8. The molecule has 12 heteroatoms. The van der Waals surface area contributed by atoms with Crippen LogP contribution in [-0.2, 0) is 25.6 Å². The number of thioether (sulfide) groups is 1. The molecule has 11 nitrogen and oxygen atoms in total. The van der Waals surface area contributed by atoms with Crippen molar-refractivity contribution in [2.45, 2.75) is 139 Å². The van der Waals surface area contributed by atoms with Crippen LogP contribution >= 0.6 is 11.8 Å². The van der Waals surface area contributed by atoms with Crippen molar-refractivity contribution < 1.29 is 44.3 Å². The normalized spacial score (nSPS) is 11.6. The molecule has 45 heavy (non-hydrogen) atoms. The summed E-state index contributed by atoms with van der Waals surface area (Å²) in [6.45, 7) is 1.55. The second-order valence-corrected chi connectivity index (χ2v) is 12.5. The number of rotatable bonds is 27. The zero-order chi connectivity index (χ0) is 33.5. The van der Waals surface area contributed by atoms with Crippen LogP contribution in [0.3, 0.4) is 0 Å². The molecule has 1 rings (SSSR count). The minimum absolute atomic E-state index is 0.0499. The molecule has 0 bridgehead atoms. The molecule has 0 saturated heterocycles. The second-order valence-electron chi connectivity index (χ2n) is 11.4. The van der Waals surface area contributed by atoms with E-state index < -0.39 is 35.7 Å². The Labute approximate surface area is 271 Å². The number of benzene rings is 1. The minimum Gasteiger partial charge on any atom is -0.507 e. The van der Waals surface area contributed by atoms with E-state index >= 15 is 0 Å². The predicted octanol–water partition coefficient (Wildman–Crippen LogP) is 6.51. The van der Waals surface area contributed by atoms with E-state index in [-0.39, 0.29) is 41.4 Å². The molecule has 1 atom stereocenters. The van der Waals surface area contributed by atoms with Crippen LogP contribution in [0.15, 0.2) is 11.0 Å². The number of ether oxygens (including phenoxy) is 1. The van der Waals surface area contributed by atoms with Crippen LogP contribution in [0.25, 0.3) is 0 Å². The van der Waals surface area contributed by atoms with Crippen molar-refractivity contribution in [2.24, 2.45) is 0 Å². The molecular weight excluding hydrogens is 600 g/mol. The van der Waals surface area contributed by atoms with Gasteiger partial charge in [-0.25, -0.2) is 0 Å². The first-order valence-corrected chi connectivity index (χ1v) is 17.3. The van der Waals surface area contributed by atoms with Gasteiger partial charge in [-0.1, -0.05) is 109 Å². The molecule has 0 spiro atoms. The molecular formula is C33H54N2O9S. The SMILES string of the molecule is CCCCCCCCCCCCCCCCCc1c(O)c(OC)cc(O)c1S[C@H](NC(=O)CCCC(=O)O)C(=O)NCC(=O)O. The average Bonchev–Trinajstić information content (AvgIpc) is 2.99. The predicted molar refractivity (Wildman–Crippen MR) is 175 cm³/mol. The number of hydrogen-bond donors (Lipinski definition) is 6. The van der Waals surface area contributed by atoms with E-state index in [9.17, 15) is 29.4 Å². The smallest absolute Gasteiger partial charge is 0.322 e. The van der Waals surface area contributed by atoms with Crippen molar-refractivity contribution in [1.82, 2.24) is 10.6 Å². The minimum atomic E-state index is -1.35. The van der Waals surface area contributed by atoms with Gasteiger partial charge in [-0.05, 0) is 19.3 Å². The van der Waals surface area contributed by atoms with Gasteiger partial charge >= 0.3 is 11.9 Å². The number of unbranched alkanes of at least 4 members (excludes halogenated alkanes) is 14. The van der Waals surface area contributed by atoms with Crippen LogP contribution < -0.4 is 15.4 Å². The van der Waals surface area contributed by atoms with E-state index in [4.69, 9.17) is 14.9 Å². The molecule has 256 valence electrons. The van der Waals surface area contributed by atoms with E-state index in [1.165, 1.54) is 83.8 Å².